The molecule has 3 rings (SSSR count). The van der Waals surface area contributed by atoms with Gasteiger partial charge in [0.25, 0.3) is 5.91 Å². The van der Waals surface area contributed by atoms with Crippen LogP contribution in [0.25, 0.3) is 11.1 Å². The van der Waals surface area contributed by atoms with Crippen LogP contribution in [0.15, 0.2) is 60.8 Å². The van der Waals surface area contributed by atoms with Crippen LogP contribution in [0.4, 0.5) is 0 Å². The molecule has 0 bridgehead atoms. The summed E-state index contributed by atoms with van der Waals surface area (Å²) < 4.78 is 35.9. The summed E-state index contributed by atoms with van der Waals surface area (Å²) >= 11 is 5.91. The van der Waals surface area contributed by atoms with Gasteiger partial charge in [-0.05, 0) is 54.1 Å². The Bertz CT molecular complexity index is 1150. The van der Waals surface area contributed by atoms with Gasteiger partial charge < -0.3 is 9.47 Å². The van der Waals surface area contributed by atoms with Gasteiger partial charge in [0, 0.05) is 28.4 Å². The summed E-state index contributed by atoms with van der Waals surface area (Å²) in [4.78, 5) is 16.4. The maximum Gasteiger partial charge on any atom is 0.264 e. The number of amides is 1. The number of sulfonamides is 1. The van der Waals surface area contributed by atoms with Gasteiger partial charge in [-0.15, -0.1) is 0 Å². The van der Waals surface area contributed by atoms with Gasteiger partial charge >= 0.3 is 0 Å². The molecule has 0 fully saturated rings. The van der Waals surface area contributed by atoms with Crippen molar-refractivity contribution in [2.45, 2.75) is 0 Å². The van der Waals surface area contributed by atoms with E-state index in [0.29, 0.717) is 33.5 Å². The molecule has 150 valence electrons. The van der Waals surface area contributed by atoms with E-state index in [0.717, 1.165) is 6.26 Å². The van der Waals surface area contributed by atoms with Crippen LogP contribution in [-0.2, 0) is 10.0 Å². The highest BCUT2D eigenvalue weighted by Crippen LogP contribution is 2.35. The molecule has 0 aliphatic carbocycles. The number of pyridine rings is 1. The fourth-order valence-corrected chi connectivity index (χ4v) is 3.11. The van der Waals surface area contributed by atoms with Gasteiger partial charge in [-0.3, -0.25) is 4.79 Å². The van der Waals surface area contributed by atoms with Crippen molar-refractivity contribution in [1.82, 2.24) is 9.71 Å². The molecule has 1 amide bonds. The number of hydrogen-bond donors (Lipinski definition) is 1. The Labute approximate surface area is 173 Å². The molecule has 1 N–H and O–H groups in total. The molecule has 0 unspecified atom stereocenters. The minimum Gasteiger partial charge on any atom is -0.481 e. The first-order valence-corrected chi connectivity index (χ1v) is 10.6. The SMILES string of the molecule is COc1cc(-c2cc(C(=O)NS(C)(=O)=O)ccc2Oc2ccc(Cl)cc2)ccn1. The first kappa shape index (κ1) is 20.6. The van der Waals surface area contributed by atoms with E-state index in [2.05, 4.69) is 4.98 Å². The fraction of sp³-hybridized carbons (Fsp3) is 0.100. The average Bonchev–Trinajstić information content (AvgIpc) is 2.68. The van der Waals surface area contributed by atoms with E-state index in [9.17, 15) is 13.2 Å². The summed E-state index contributed by atoms with van der Waals surface area (Å²) in [5.74, 6) is 0.639. The zero-order chi connectivity index (χ0) is 21.0. The van der Waals surface area contributed by atoms with E-state index in [4.69, 9.17) is 21.1 Å². The van der Waals surface area contributed by atoms with Gasteiger partial charge in [-0.2, -0.15) is 0 Å². The Hall–Kier alpha value is -3.10. The molecule has 3 aromatic rings. The highest BCUT2D eigenvalue weighted by atomic mass is 35.5. The van der Waals surface area contributed by atoms with Crippen molar-refractivity contribution >= 4 is 27.5 Å². The van der Waals surface area contributed by atoms with Crippen LogP contribution < -0.4 is 14.2 Å². The van der Waals surface area contributed by atoms with Gasteiger partial charge in [0.15, 0.2) is 0 Å². The molecule has 0 aliphatic heterocycles. The third-order valence-electron chi connectivity index (χ3n) is 3.82. The predicted octanol–water partition coefficient (Wildman–Crippen LogP) is 3.89. The van der Waals surface area contributed by atoms with Gasteiger partial charge in [-0.25, -0.2) is 18.1 Å². The summed E-state index contributed by atoms with van der Waals surface area (Å²) in [5, 5.41) is 0.573. The number of carbonyl (C=O) groups is 1. The standard InChI is InChI=1S/C20H17ClN2O5S/c1-27-19-12-13(9-10-22-19)17-11-14(20(24)23-29(2,25)26)3-8-18(17)28-16-6-4-15(21)5-7-16/h3-12H,1-2H3,(H,23,24). The molecule has 9 heteroatoms. The van der Waals surface area contributed by atoms with Crippen molar-refractivity contribution in [2.75, 3.05) is 13.4 Å². The van der Waals surface area contributed by atoms with Crippen LogP contribution in [0.2, 0.25) is 5.02 Å². The van der Waals surface area contributed by atoms with Gasteiger partial charge in [0.2, 0.25) is 15.9 Å². The molecule has 0 saturated heterocycles. The lowest BCUT2D eigenvalue weighted by atomic mass is 10.0. The maximum atomic E-state index is 12.3. The van der Waals surface area contributed by atoms with E-state index in [1.807, 2.05) is 4.72 Å². The quantitative estimate of drug-likeness (QED) is 0.635. The molecule has 1 heterocycles. The Kier molecular flexibility index (Phi) is 6.05. The Balaban J connectivity index is 2.06. The number of halogens is 1. The predicted molar refractivity (Wildman–Crippen MR) is 110 cm³/mol. The van der Waals surface area contributed by atoms with Gasteiger partial charge in [0.1, 0.15) is 11.5 Å². The molecule has 29 heavy (non-hydrogen) atoms. The van der Waals surface area contributed by atoms with Crippen LogP contribution >= 0.6 is 11.6 Å². The minimum absolute atomic E-state index is 0.157. The number of rotatable bonds is 6. The summed E-state index contributed by atoms with van der Waals surface area (Å²) in [5.41, 5.74) is 1.39. The van der Waals surface area contributed by atoms with Crippen LogP contribution in [0.3, 0.4) is 0 Å². The van der Waals surface area contributed by atoms with Gasteiger partial charge in [-0.1, -0.05) is 11.6 Å². The van der Waals surface area contributed by atoms with Crippen LogP contribution in [-0.4, -0.2) is 32.7 Å². The van der Waals surface area contributed by atoms with Crippen molar-refractivity contribution < 1.29 is 22.7 Å². The third kappa shape index (κ3) is 5.46. The first-order chi connectivity index (χ1) is 13.7. The number of hydrogen-bond acceptors (Lipinski definition) is 6. The number of nitrogens with one attached hydrogen (secondary N) is 1. The molecule has 7 nitrogen and oxygen atoms in total. The van der Waals surface area contributed by atoms with Crippen molar-refractivity contribution in [3.8, 4) is 28.5 Å². The number of benzene rings is 2. The van der Waals surface area contributed by atoms with E-state index in [-0.39, 0.29) is 5.56 Å². The smallest absolute Gasteiger partial charge is 0.264 e. The molecule has 1 aromatic heterocycles. The highest BCUT2D eigenvalue weighted by molar-refractivity contribution is 7.89. The highest BCUT2D eigenvalue weighted by Gasteiger charge is 2.16. The second kappa shape index (κ2) is 8.50. The van der Waals surface area contributed by atoms with Crippen molar-refractivity contribution in [1.29, 1.82) is 0 Å². The molecule has 0 saturated carbocycles. The van der Waals surface area contributed by atoms with Crippen LogP contribution in [0, 0.1) is 0 Å². The summed E-state index contributed by atoms with van der Waals surface area (Å²) in [6, 6.07) is 14.8. The lowest BCUT2D eigenvalue weighted by Crippen LogP contribution is -2.29. The van der Waals surface area contributed by atoms with Crippen LogP contribution in [0.5, 0.6) is 17.4 Å². The molecule has 0 spiro atoms. The zero-order valence-corrected chi connectivity index (χ0v) is 17.1. The topological polar surface area (TPSA) is 94.6 Å². The number of methoxy groups -OCH3 is 1. The Morgan fingerprint density at radius 3 is 2.45 bits per heavy atom. The molecule has 0 aliphatic rings. The minimum atomic E-state index is -3.70. The van der Waals surface area contributed by atoms with Gasteiger partial charge in [0.05, 0.1) is 13.4 Å². The summed E-state index contributed by atoms with van der Waals surface area (Å²) in [7, 11) is -2.20. The number of carbonyl (C=O) groups excluding carboxylic acids is 1. The first-order valence-electron chi connectivity index (χ1n) is 8.35. The largest absolute Gasteiger partial charge is 0.481 e. The van der Waals surface area contributed by atoms with E-state index >= 15 is 0 Å². The summed E-state index contributed by atoms with van der Waals surface area (Å²) in [6.07, 6.45) is 2.47. The van der Waals surface area contributed by atoms with E-state index in [1.165, 1.54) is 13.2 Å². The van der Waals surface area contributed by atoms with E-state index in [1.54, 1.807) is 54.7 Å². The molecular weight excluding hydrogens is 416 g/mol. The number of nitrogens with zero attached hydrogens (tertiary/aromatic N) is 1. The Morgan fingerprint density at radius 1 is 1.07 bits per heavy atom. The van der Waals surface area contributed by atoms with Crippen LogP contribution in [0.1, 0.15) is 10.4 Å². The number of aromatic nitrogens is 1. The third-order valence-corrected chi connectivity index (χ3v) is 4.62. The maximum absolute atomic E-state index is 12.3. The molecule has 0 atom stereocenters. The zero-order valence-electron chi connectivity index (χ0n) is 15.5. The lowest BCUT2D eigenvalue weighted by molar-refractivity contribution is 0.0981. The Morgan fingerprint density at radius 2 is 1.79 bits per heavy atom. The average molecular weight is 433 g/mol. The van der Waals surface area contributed by atoms with Crippen molar-refractivity contribution in [3.05, 3.63) is 71.4 Å². The van der Waals surface area contributed by atoms with Crippen molar-refractivity contribution in [2.24, 2.45) is 0 Å². The molecular formula is C20H17ClN2O5S. The number of ether oxygens (including phenoxy) is 2. The second-order valence-corrected chi connectivity index (χ2v) is 8.24. The second-order valence-electron chi connectivity index (χ2n) is 6.06. The molecule has 0 radical (unpaired) electrons. The molecule has 2 aromatic carbocycles. The van der Waals surface area contributed by atoms with Crippen molar-refractivity contribution in [3.63, 3.8) is 0 Å². The lowest BCUT2D eigenvalue weighted by Gasteiger charge is -2.14. The van der Waals surface area contributed by atoms with E-state index < -0.39 is 15.9 Å². The monoisotopic (exact) mass is 432 g/mol. The summed E-state index contributed by atoms with van der Waals surface area (Å²) in [6.45, 7) is 0. The normalized spacial score (nSPS) is 11.0. The fourth-order valence-electron chi connectivity index (χ4n) is 2.53.